The number of carboxylic acids is 1. The Morgan fingerprint density at radius 1 is 1.33 bits per heavy atom. The van der Waals surface area contributed by atoms with Crippen molar-refractivity contribution < 1.29 is 14.7 Å². The maximum absolute atomic E-state index is 12.1. The van der Waals surface area contributed by atoms with Crippen molar-refractivity contribution in [1.29, 1.82) is 0 Å². The van der Waals surface area contributed by atoms with Crippen molar-refractivity contribution >= 4 is 27.8 Å². The molecular weight excluding hydrogens is 334 g/mol. The molecule has 0 bridgehead atoms. The van der Waals surface area contributed by atoms with Crippen LogP contribution in [0.2, 0.25) is 0 Å². The number of aliphatic carboxylic acids is 1. The summed E-state index contributed by atoms with van der Waals surface area (Å²) in [6.45, 7) is 8.01. The monoisotopic (exact) mass is 355 g/mol. The first-order valence-electron chi connectivity index (χ1n) is 6.87. The summed E-state index contributed by atoms with van der Waals surface area (Å²) in [4.78, 5) is 23.3. The average molecular weight is 356 g/mol. The van der Waals surface area contributed by atoms with E-state index in [-0.39, 0.29) is 17.9 Å². The first-order valence-corrected chi connectivity index (χ1v) is 7.66. The molecule has 0 saturated heterocycles. The predicted octanol–water partition coefficient (Wildman–Crippen LogP) is 3.62. The van der Waals surface area contributed by atoms with Crippen molar-refractivity contribution in [2.75, 3.05) is 6.54 Å². The summed E-state index contributed by atoms with van der Waals surface area (Å²) >= 11 is 3.38. The second-order valence-electron chi connectivity index (χ2n) is 6.47. The molecule has 2 N–H and O–H groups in total. The zero-order valence-corrected chi connectivity index (χ0v) is 14.5. The number of nitrogens with one attached hydrogen (secondary N) is 1. The highest BCUT2D eigenvalue weighted by molar-refractivity contribution is 9.10. The molecular formula is C16H22BrNO3. The van der Waals surface area contributed by atoms with Gasteiger partial charge in [-0.1, -0.05) is 36.7 Å². The predicted molar refractivity (Wildman–Crippen MR) is 86.4 cm³/mol. The van der Waals surface area contributed by atoms with E-state index >= 15 is 0 Å². The fraction of sp³-hybridized carbons (Fsp3) is 0.500. The standard InChI is InChI=1S/C16H22BrNO3/c1-10-7-11(5-6-13(10)17)14(19)18-9-12(15(20)21)8-16(2,3)4/h5-7,12H,8-9H2,1-4H3,(H,18,19)(H,20,21). The van der Waals surface area contributed by atoms with E-state index in [2.05, 4.69) is 21.2 Å². The van der Waals surface area contributed by atoms with Gasteiger partial charge in [-0.2, -0.15) is 0 Å². The van der Waals surface area contributed by atoms with Gasteiger partial charge in [-0.15, -0.1) is 0 Å². The highest BCUT2D eigenvalue weighted by atomic mass is 79.9. The van der Waals surface area contributed by atoms with Gasteiger partial charge in [0.15, 0.2) is 0 Å². The second-order valence-corrected chi connectivity index (χ2v) is 7.33. The van der Waals surface area contributed by atoms with Gasteiger partial charge in [0, 0.05) is 16.6 Å². The summed E-state index contributed by atoms with van der Waals surface area (Å²) in [5, 5.41) is 12.0. The molecule has 0 aliphatic heterocycles. The molecule has 5 heteroatoms. The molecule has 0 spiro atoms. The van der Waals surface area contributed by atoms with Crippen molar-refractivity contribution in [3.8, 4) is 0 Å². The molecule has 0 saturated carbocycles. The van der Waals surface area contributed by atoms with E-state index in [1.54, 1.807) is 12.1 Å². The van der Waals surface area contributed by atoms with Gasteiger partial charge < -0.3 is 10.4 Å². The Morgan fingerprint density at radius 2 is 1.95 bits per heavy atom. The lowest BCUT2D eigenvalue weighted by Gasteiger charge is -2.23. The number of halogens is 1. The molecule has 116 valence electrons. The Bertz CT molecular complexity index is 535. The number of hydrogen-bond acceptors (Lipinski definition) is 2. The Kier molecular flexibility index (Phi) is 5.96. The van der Waals surface area contributed by atoms with Crippen molar-refractivity contribution in [3.63, 3.8) is 0 Å². The molecule has 1 amide bonds. The number of amides is 1. The zero-order chi connectivity index (χ0) is 16.2. The van der Waals surface area contributed by atoms with Crippen molar-refractivity contribution in [2.24, 2.45) is 11.3 Å². The van der Waals surface area contributed by atoms with E-state index in [0.717, 1.165) is 10.0 Å². The average Bonchev–Trinajstić information content (AvgIpc) is 2.35. The van der Waals surface area contributed by atoms with Crippen LogP contribution in [0.3, 0.4) is 0 Å². The fourth-order valence-electron chi connectivity index (χ4n) is 2.09. The molecule has 1 aromatic carbocycles. The Labute approximate surface area is 134 Å². The third-order valence-electron chi connectivity index (χ3n) is 3.14. The van der Waals surface area contributed by atoms with Gasteiger partial charge >= 0.3 is 5.97 Å². The van der Waals surface area contributed by atoms with Gasteiger partial charge in [0.25, 0.3) is 5.91 Å². The summed E-state index contributed by atoms with van der Waals surface area (Å²) in [5.41, 5.74) is 1.41. The summed E-state index contributed by atoms with van der Waals surface area (Å²) < 4.78 is 0.940. The lowest BCUT2D eigenvalue weighted by molar-refractivity contribution is -0.142. The first-order chi connectivity index (χ1) is 9.60. The third-order valence-corrected chi connectivity index (χ3v) is 4.03. The number of carbonyl (C=O) groups is 2. The largest absolute Gasteiger partial charge is 0.481 e. The van der Waals surface area contributed by atoms with Crippen LogP contribution in [-0.4, -0.2) is 23.5 Å². The number of aryl methyl sites for hydroxylation is 1. The number of carboxylic acid groups (broad SMARTS) is 1. The Balaban J connectivity index is 2.69. The summed E-state index contributed by atoms with van der Waals surface area (Å²) in [6, 6.07) is 5.30. The van der Waals surface area contributed by atoms with E-state index in [9.17, 15) is 14.7 Å². The molecule has 21 heavy (non-hydrogen) atoms. The molecule has 1 aromatic rings. The summed E-state index contributed by atoms with van der Waals surface area (Å²) in [6.07, 6.45) is 0.516. The summed E-state index contributed by atoms with van der Waals surface area (Å²) in [5.74, 6) is -1.70. The highest BCUT2D eigenvalue weighted by Crippen LogP contribution is 2.24. The van der Waals surface area contributed by atoms with Crippen LogP contribution in [0.25, 0.3) is 0 Å². The van der Waals surface area contributed by atoms with Crippen LogP contribution in [0.4, 0.5) is 0 Å². The molecule has 0 heterocycles. The Morgan fingerprint density at radius 3 is 2.43 bits per heavy atom. The van der Waals surface area contributed by atoms with Crippen molar-refractivity contribution in [2.45, 2.75) is 34.1 Å². The molecule has 4 nitrogen and oxygen atoms in total. The number of benzene rings is 1. The van der Waals surface area contributed by atoms with Gasteiger partial charge in [0.05, 0.1) is 5.92 Å². The topological polar surface area (TPSA) is 66.4 Å². The summed E-state index contributed by atoms with van der Waals surface area (Å²) in [7, 11) is 0. The lowest BCUT2D eigenvalue weighted by atomic mass is 9.84. The molecule has 1 unspecified atom stereocenters. The van der Waals surface area contributed by atoms with Gasteiger partial charge in [-0.3, -0.25) is 9.59 Å². The maximum atomic E-state index is 12.1. The fourth-order valence-corrected chi connectivity index (χ4v) is 2.34. The van der Waals surface area contributed by atoms with Crippen LogP contribution in [0.1, 0.15) is 43.1 Å². The molecule has 0 radical (unpaired) electrons. The number of hydrogen-bond donors (Lipinski definition) is 2. The second kappa shape index (κ2) is 7.07. The van der Waals surface area contributed by atoms with E-state index in [4.69, 9.17) is 0 Å². The van der Waals surface area contributed by atoms with Crippen LogP contribution in [0, 0.1) is 18.3 Å². The van der Waals surface area contributed by atoms with E-state index in [0.29, 0.717) is 12.0 Å². The Hall–Kier alpha value is -1.36. The van der Waals surface area contributed by atoms with Crippen molar-refractivity contribution in [1.82, 2.24) is 5.32 Å². The van der Waals surface area contributed by atoms with E-state index < -0.39 is 11.9 Å². The SMILES string of the molecule is Cc1cc(C(=O)NCC(CC(C)(C)C)C(=O)O)ccc1Br. The molecule has 0 aliphatic carbocycles. The molecule has 0 aromatic heterocycles. The molecule has 0 fully saturated rings. The molecule has 1 rings (SSSR count). The van der Waals surface area contributed by atoms with Crippen LogP contribution in [-0.2, 0) is 4.79 Å². The van der Waals surface area contributed by atoms with Gasteiger partial charge in [-0.05, 0) is 42.5 Å². The maximum Gasteiger partial charge on any atom is 0.308 e. The van der Waals surface area contributed by atoms with Crippen LogP contribution < -0.4 is 5.32 Å². The van der Waals surface area contributed by atoms with E-state index in [1.165, 1.54) is 0 Å². The van der Waals surface area contributed by atoms with Crippen LogP contribution in [0.5, 0.6) is 0 Å². The van der Waals surface area contributed by atoms with Gasteiger partial charge in [-0.25, -0.2) is 0 Å². The minimum Gasteiger partial charge on any atom is -0.481 e. The smallest absolute Gasteiger partial charge is 0.308 e. The van der Waals surface area contributed by atoms with E-state index in [1.807, 2.05) is 33.8 Å². The highest BCUT2D eigenvalue weighted by Gasteiger charge is 2.25. The van der Waals surface area contributed by atoms with Crippen molar-refractivity contribution in [3.05, 3.63) is 33.8 Å². The third kappa shape index (κ3) is 5.87. The minimum absolute atomic E-state index is 0.0953. The molecule has 0 aliphatic rings. The van der Waals surface area contributed by atoms with Gasteiger partial charge in [0.1, 0.15) is 0 Å². The first kappa shape index (κ1) is 17.7. The zero-order valence-electron chi connectivity index (χ0n) is 12.9. The van der Waals surface area contributed by atoms with Crippen LogP contribution >= 0.6 is 15.9 Å². The number of carbonyl (C=O) groups excluding carboxylic acids is 1. The number of rotatable bonds is 5. The quantitative estimate of drug-likeness (QED) is 0.847. The normalized spacial score (nSPS) is 12.8. The van der Waals surface area contributed by atoms with Gasteiger partial charge in [0.2, 0.25) is 0 Å². The molecule has 1 atom stereocenters. The van der Waals surface area contributed by atoms with Crippen LogP contribution in [0.15, 0.2) is 22.7 Å². The minimum atomic E-state index is -0.878. The lowest BCUT2D eigenvalue weighted by Crippen LogP contribution is -2.35.